The Bertz CT molecular complexity index is 809. The molecule has 0 spiro atoms. The summed E-state index contributed by atoms with van der Waals surface area (Å²) < 4.78 is 6.38. The number of pyridine rings is 1. The number of nitro groups is 1. The molecule has 7 nitrogen and oxygen atoms in total. The van der Waals surface area contributed by atoms with Gasteiger partial charge in [0.05, 0.1) is 29.3 Å². The summed E-state index contributed by atoms with van der Waals surface area (Å²) in [7, 11) is 0. The molecule has 0 saturated heterocycles. The Balaban J connectivity index is 2.23. The molecule has 126 valence electrons. The van der Waals surface area contributed by atoms with E-state index >= 15 is 0 Å². The third kappa shape index (κ3) is 3.87. The summed E-state index contributed by atoms with van der Waals surface area (Å²) in [5.41, 5.74) is 1.06. The number of hydrogen-bond acceptors (Lipinski definition) is 5. The van der Waals surface area contributed by atoms with Crippen LogP contribution in [0.4, 0.5) is 5.69 Å². The molecule has 0 unspecified atom stereocenters. The van der Waals surface area contributed by atoms with Crippen LogP contribution >= 0.6 is 0 Å². The van der Waals surface area contributed by atoms with Crippen molar-refractivity contribution >= 4 is 11.7 Å². The number of hydrogen-bond donors (Lipinski definition) is 0. The van der Waals surface area contributed by atoms with Gasteiger partial charge in [0, 0.05) is 12.1 Å². The largest absolute Gasteiger partial charge is 0.462 e. The van der Waals surface area contributed by atoms with Crippen LogP contribution < -0.4 is 5.56 Å². The van der Waals surface area contributed by atoms with Gasteiger partial charge in [0.25, 0.3) is 11.2 Å². The van der Waals surface area contributed by atoms with Crippen LogP contribution in [0.5, 0.6) is 0 Å². The Morgan fingerprint density at radius 3 is 2.46 bits per heavy atom. The van der Waals surface area contributed by atoms with Crippen LogP contribution in [0.25, 0.3) is 0 Å². The van der Waals surface area contributed by atoms with Gasteiger partial charge < -0.3 is 9.30 Å². The molecular formula is C17H18N2O5. The third-order valence-electron chi connectivity index (χ3n) is 3.59. The fourth-order valence-electron chi connectivity index (χ4n) is 2.26. The van der Waals surface area contributed by atoms with Crippen LogP contribution in [0.2, 0.25) is 0 Å². The summed E-state index contributed by atoms with van der Waals surface area (Å²) in [5, 5.41) is 11.0. The van der Waals surface area contributed by atoms with Crippen molar-refractivity contribution in [2.75, 3.05) is 6.61 Å². The average molecular weight is 330 g/mol. The zero-order valence-corrected chi connectivity index (χ0v) is 13.5. The SMILES string of the molecule is CCCOC(=O)c1ccc(Cn2c(C)c([N+](=O)[O-])ccc2=O)cc1. The van der Waals surface area contributed by atoms with Gasteiger partial charge in [-0.25, -0.2) is 4.79 Å². The Morgan fingerprint density at radius 2 is 1.88 bits per heavy atom. The lowest BCUT2D eigenvalue weighted by Crippen LogP contribution is -2.22. The van der Waals surface area contributed by atoms with Crippen molar-refractivity contribution < 1.29 is 14.5 Å². The van der Waals surface area contributed by atoms with E-state index in [1.54, 1.807) is 24.3 Å². The first kappa shape index (κ1) is 17.4. The standard InChI is InChI=1S/C17H18N2O5/c1-3-10-24-17(21)14-6-4-13(5-7-14)11-18-12(2)15(19(22)23)8-9-16(18)20/h4-9H,3,10-11H2,1-2H3. The Hall–Kier alpha value is -2.96. The fraction of sp³-hybridized carbons (Fsp3) is 0.294. The highest BCUT2D eigenvalue weighted by Crippen LogP contribution is 2.16. The fourth-order valence-corrected chi connectivity index (χ4v) is 2.26. The smallest absolute Gasteiger partial charge is 0.338 e. The summed E-state index contributed by atoms with van der Waals surface area (Å²) in [6.07, 6.45) is 0.749. The summed E-state index contributed by atoms with van der Waals surface area (Å²) in [4.78, 5) is 34.2. The highest BCUT2D eigenvalue weighted by molar-refractivity contribution is 5.89. The molecule has 0 saturated carbocycles. The molecule has 7 heteroatoms. The number of carbonyl (C=O) groups excluding carboxylic acids is 1. The second-order valence-electron chi connectivity index (χ2n) is 5.32. The summed E-state index contributed by atoms with van der Waals surface area (Å²) in [6.45, 7) is 4.00. The van der Waals surface area contributed by atoms with Gasteiger partial charge in [-0.05, 0) is 31.0 Å². The summed E-state index contributed by atoms with van der Waals surface area (Å²) in [6, 6.07) is 9.03. The van der Waals surface area contributed by atoms with Crippen LogP contribution in [0.3, 0.4) is 0 Å². The molecule has 1 aromatic carbocycles. The molecule has 0 amide bonds. The Kier molecular flexibility index (Phi) is 5.47. The lowest BCUT2D eigenvalue weighted by Gasteiger charge is -2.10. The van der Waals surface area contributed by atoms with Crippen molar-refractivity contribution in [2.24, 2.45) is 0 Å². The number of rotatable bonds is 6. The van der Waals surface area contributed by atoms with Gasteiger partial charge in [0.1, 0.15) is 0 Å². The lowest BCUT2D eigenvalue weighted by atomic mass is 10.1. The van der Waals surface area contributed by atoms with Crippen molar-refractivity contribution in [3.05, 3.63) is 73.7 Å². The number of ether oxygens (including phenoxy) is 1. The van der Waals surface area contributed by atoms with E-state index in [0.717, 1.165) is 12.0 Å². The van der Waals surface area contributed by atoms with Crippen LogP contribution in [0, 0.1) is 17.0 Å². The maximum absolute atomic E-state index is 12.0. The number of benzene rings is 1. The molecule has 0 atom stereocenters. The van der Waals surface area contributed by atoms with E-state index in [0.29, 0.717) is 17.9 Å². The van der Waals surface area contributed by atoms with Gasteiger partial charge in [-0.3, -0.25) is 14.9 Å². The zero-order valence-electron chi connectivity index (χ0n) is 13.5. The number of carbonyl (C=O) groups is 1. The minimum Gasteiger partial charge on any atom is -0.462 e. The van der Waals surface area contributed by atoms with E-state index in [1.165, 1.54) is 23.6 Å². The molecule has 0 aliphatic rings. The highest BCUT2D eigenvalue weighted by atomic mass is 16.6. The zero-order chi connectivity index (χ0) is 17.7. The monoisotopic (exact) mass is 330 g/mol. The quantitative estimate of drug-likeness (QED) is 0.461. The van der Waals surface area contributed by atoms with E-state index in [9.17, 15) is 19.7 Å². The molecule has 0 bridgehead atoms. The van der Waals surface area contributed by atoms with E-state index in [1.807, 2.05) is 6.92 Å². The van der Waals surface area contributed by atoms with Crippen molar-refractivity contribution in [3.8, 4) is 0 Å². The molecule has 0 radical (unpaired) electrons. The second-order valence-corrected chi connectivity index (χ2v) is 5.32. The van der Waals surface area contributed by atoms with Crippen LogP contribution in [0.15, 0.2) is 41.2 Å². The van der Waals surface area contributed by atoms with Crippen molar-refractivity contribution in [2.45, 2.75) is 26.8 Å². The summed E-state index contributed by atoms with van der Waals surface area (Å²) in [5.74, 6) is -0.396. The van der Waals surface area contributed by atoms with E-state index in [-0.39, 0.29) is 17.8 Å². The number of nitrogens with zero attached hydrogens (tertiary/aromatic N) is 2. The van der Waals surface area contributed by atoms with Gasteiger partial charge >= 0.3 is 5.97 Å². The van der Waals surface area contributed by atoms with Gasteiger partial charge in [-0.1, -0.05) is 19.1 Å². The maximum atomic E-state index is 12.0. The van der Waals surface area contributed by atoms with Crippen LogP contribution in [-0.2, 0) is 11.3 Å². The second kappa shape index (κ2) is 7.54. The highest BCUT2D eigenvalue weighted by Gasteiger charge is 2.15. The van der Waals surface area contributed by atoms with Crippen molar-refractivity contribution in [1.82, 2.24) is 4.57 Å². The van der Waals surface area contributed by atoms with Crippen molar-refractivity contribution in [3.63, 3.8) is 0 Å². The minimum absolute atomic E-state index is 0.102. The molecule has 0 fully saturated rings. The lowest BCUT2D eigenvalue weighted by molar-refractivity contribution is -0.386. The van der Waals surface area contributed by atoms with Gasteiger partial charge in [-0.2, -0.15) is 0 Å². The Labute approximate surface area is 138 Å². The predicted molar refractivity (Wildman–Crippen MR) is 88.2 cm³/mol. The van der Waals surface area contributed by atoms with Gasteiger partial charge in [0.2, 0.25) is 0 Å². The topological polar surface area (TPSA) is 91.4 Å². The first-order chi connectivity index (χ1) is 11.4. The maximum Gasteiger partial charge on any atom is 0.338 e. The van der Waals surface area contributed by atoms with E-state index in [2.05, 4.69) is 0 Å². The first-order valence-electron chi connectivity index (χ1n) is 7.55. The van der Waals surface area contributed by atoms with E-state index in [4.69, 9.17) is 4.74 Å². The molecule has 1 aromatic heterocycles. The Morgan fingerprint density at radius 1 is 1.21 bits per heavy atom. The first-order valence-corrected chi connectivity index (χ1v) is 7.55. The molecule has 0 N–H and O–H groups in total. The molecule has 1 heterocycles. The molecule has 0 aliphatic carbocycles. The molecule has 0 aliphatic heterocycles. The molecule has 2 rings (SSSR count). The number of aromatic nitrogens is 1. The van der Waals surface area contributed by atoms with E-state index < -0.39 is 10.9 Å². The van der Waals surface area contributed by atoms with Crippen LogP contribution in [-0.4, -0.2) is 22.1 Å². The number of esters is 1. The molecule has 2 aromatic rings. The molecular weight excluding hydrogens is 312 g/mol. The normalized spacial score (nSPS) is 10.4. The molecule has 24 heavy (non-hydrogen) atoms. The average Bonchev–Trinajstić information content (AvgIpc) is 2.56. The van der Waals surface area contributed by atoms with Gasteiger partial charge in [-0.15, -0.1) is 0 Å². The van der Waals surface area contributed by atoms with Gasteiger partial charge in [0.15, 0.2) is 0 Å². The third-order valence-corrected chi connectivity index (χ3v) is 3.59. The summed E-state index contributed by atoms with van der Waals surface area (Å²) >= 11 is 0. The minimum atomic E-state index is -0.516. The van der Waals surface area contributed by atoms with Crippen molar-refractivity contribution in [1.29, 1.82) is 0 Å². The van der Waals surface area contributed by atoms with Crippen LogP contribution in [0.1, 0.15) is 35.0 Å². The predicted octanol–water partition coefficient (Wildman–Crippen LogP) is 2.68.